The van der Waals surface area contributed by atoms with E-state index in [2.05, 4.69) is 4.98 Å². The molecular weight excluding hydrogens is 226 g/mol. The van der Waals surface area contributed by atoms with Crippen LogP contribution in [-0.4, -0.2) is 27.9 Å². The van der Waals surface area contributed by atoms with Gasteiger partial charge >= 0.3 is 0 Å². The van der Waals surface area contributed by atoms with Crippen molar-refractivity contribution in [3.8, 4) is 0 Å². The molecule has 0 saturated heterocycles. The third-order valence-corrected chi connectivity index (χ3v) is 2.97. The van der Waals surface area contributed by atoms with Crippen LogP contribution in [0.1, 0.15) is 33.4 Å². The van der Waals surface area contributed by atoms with Crippen LogP contribution >= 0.6 is 0 Å². The van der Waals surface area contributed by atoms with E-state index in [0.717, 1.165) is 5.69 Å². The molecule has 0 spiro atoms. The summed E-state index contributed by atoms with van der Waals surface area (Å²) in [6.07, 6.45) is 1.74. The number of pyridine rings is 1. The summed E-state index contributed by atoms with van der Waals surface area (Å²) in [6.45, 7) is 8.42. The van der Waals surface area contributed by atoms with Gasteiger partial charge < -0.3 is 10.6 Å². The summed E-state index contributed by atoms with van der Waals surface area (Å²) in [4.78, 5) is 18.3. The highest BCUT2D eigenvalue weighted by Gasteiger charge is 2.25. The summed E-state index contributed by atoms with van der Waals surface area (Å²) < 4.78 is 0. The lowest BCUT2D eigenvalue weighted by Gasteiger charge is -2.30. The predicted octanol–water partition coefficient (Wildman–Crippen LogP) is 1.80. The molecule has 0 aromatic carbocycles. The maximum Gasteiger partial charge on any atom is 0.240 e. The van der Waals surface area contributed by atoms with E-state index < -0.39 is 6.04 Å². The van der Waals surface area contributed by atoms with E-state index in [0.29, 0.717) is 6.54 Å². The number of aromatic nitrogens is 1. The van der Waals surface area contributed by atoms with Crippen molar-refractivity contribution < 1.29 is 4.79 Å². The second-order valence-electron chi connectivity index (χ2n) is 5.15. The Labute approximate surface area is 109 Å². The molecule has 0 fully saturated rings. The van der Waals surface area contributed by atoms with E-state index in [-0.39, 0.29) is 17.9 Å². The lowest BCUT2D eigenvalue weighted by atomic mass is 10.0. The van der Waals surface area contributed by atoms with Gasteiger partial charge in [0.15, 0.2) is 0 Å². The monoisotopic (exact) mass is 249 g/mol. The van der Waals surface area contributed by atoms with Crippen molar-refractivity contribution in [2.45, 2.75) is 46.3 Å². The van der Waals surface area contributed by atoms with Crippen molar-refractivity contribution in [3.63, 3.8) is 0 Å². The molecule has 1 unspecified atom stereocenters. The van der Waals surface area contributed by atoms with Crippen LogP contribution in [0.5, 0.6) is 0 Å². The standard InChI is InChI=1S/C14H23N3O/c1-10(2)13(15)14(18)17(11(3)4)9-12-7-5-6-8-16-12/h5-8,10-11,13H,9,15H2,1-4H3. The van der Waals surface area contributed by atoms with Gasteiger partial charge in [-0.2, -0.15) is 0 Å². The zero-order valence-corrected chi connectivity index (χ0v) is 11.6. The zero-order chi connectivity index (χ0) is 13.7. The summed E-state index contributed by atoms with van der Waals surface area (Å²) in [5.41, 5.74) is 6.83. The van der Waals surface area contributed by atoms with Crippen molar-refractivity contribution in [1.82, 2.24) is 9.88 Å². The topological polar surface area (TPSA) is 59.2 Å². The highest BCUT2D eigenvalue weighted by Crippen LogP contribution is 2.11. The molecule has 0 aliphatic heterocycles. The highest BCUT2D eigenvalue weighted by atomic mass is 16.2. The smallest absolute Gasteiger partial charge is 0.240 e. The largest absolute Gasteiger partial charge is 0.333 e. The Morgan fingerprint density at radius 1 is 1.33 bits per heavy atom. The fourth-order valence-corrected chi connectivity index (χ4v) is 1.66. The van der Waals surface area contributed by atoms with E-state index in [1.807, 2.05) is 45.9 Å². The first kappa shape index (κ1) is 14.6. The molecule has 1 atom stereocenters. The SMILES string of the molecule is CC(C)C(N)C(=O)N(Cc1ccccn1)C(C)C. The summed E-state index contributed by atoms with van der Waals surface area (Å²) >= 11 is 0. The molecule has 0 bridgehead atoms. The number of carbonyl (C=O) groups excluding carboxylic acids is 1. The molecule has 1 aromatic rings. The molecule has 4 nitrogen and oxygen atoms in total. The Morgan fingerprint density at radius 2 is 2.00 bits per heavy atom. The lowest BCUT2D eigenvalue weighted by Crippen LogP contribution is -2.48. The molecular formula is C14H23N3O. The van der Waals surface area contributed by atoms with Crippen molar-refractivity contribution in [2.24, 2.45) is 11.7 Å². The molecule has 1 aromatic heterocycles. The lowest BCUT2D eigenvalue weighted by molar-refractivity contribution is -0.136. The molecule has 18 heavy (non-hydrogen) atoms. The van der Waals surface area contributed by atoms with Gasteiger partial charge in [-0.3, -0.25) is 9.78 Å². The Hall–Kier alpha value is -1.42. The van der Waals surface area contributed by atoms with E-state index in [9.17, 15) is 4.79 Å². The van der Waals surface area contributed by atoms with Crippen LogP contribution in [0.3, 0.4) is 0 Å². The highest BCUT2D eigenvalue weighted by molar-refractivity contribution is 5.82. The van der Waals surface area contributed by atoms with Gasteiger partial charge in [0.05, 0.1) is 18.3 Å². The second kappa shape index (κ2) is 6.50. The first-order valence-corrected chi connectivity index (χ1v) is 6.39. The van der Waals surface area contributed by atoms with Gasteiger partial charge in [-0.05, 0) is 31.9 Å². The number of nitrogens with zero attached hydrogens (tertiary/aromatic N) is 2. The molecule has 0 aliphatic carbocycles. The number of nitrogens with two attached hydrogens (primary N) is 1. The number of carbonyl (C=O) groups is 1. The van der Waals surface area contributed by atoms with Crippen molar-refractivity contribution in [2.75, 3.05) is 0 Å². The van der Waals surface area contributed by atoms with E-state index in [1.165, 1.54) is 0 Å². The molecule has 1 amide bonds. The number of hydrogen-bond donors (Lipinski definition) is 1. The van der Waals surface area contributed by atoms with Gasteiger partial charge in [0.1, 0.15) is 0 Å². The van der Waals surface area contributed by atoms with Gasteiger partial charge in [0, 0.05) is 12.2 Å². The third kappa shape index (κ3) is 3.81. The first-order valence-electron chi connectivity index (χ1n) is 6.39. The van der Waals surface area contributed by atoms with Gasteiger partial charge in [-0.15, -0.1) is 0 Å². The summed E-state index contributed by atoms with van der Waals surface area (Å²) in [5, 5.41) is 0. The van der Waals surface area contributed by atoms with Crippen molar-refractivity contribution in [3.05, 3.63) is 30.1 Å². The van der Waals surface area contributed by atoms with Crippen molar-refractivity contribution >= 4 is 5.91 Å². The molecule has 1 heterocycles. The van der Waals surface area contributed by atoms with Gasteiger partial charge in [0.25, 0.3) is 0 Å². The van der Waals surface area contributed by atoms with Crippen LogP contribution < -0.4 is 5.73 Å². The normalized spacial score (nSPS) is 12.8. The third-order valence-electron chi connectivity index (χ3n) is 2.97. The van der Waals surface area contributed by atoms with Gasteiger partial charge in [-0.25, -0.2) is 0 Å². The second-order valence-corrected chi connectivity index (χ2v) is 5.15. The van der Waals surface area contributed by atoms with Crippen molar-refractivity contribution in [1.29, 1.82) is 0 Å². The predicted molar refractivity (Wildman–Crippen MR) is 72.7 cm³/mol. The van der Waals surface area contributed by atoms with E-state index in [1.54, 1.807) is 11.1 Å². The van der Waals surface area contributed by atoms with Gasteiger partial charge in [-0.1, -0.05) is 19.9 Å². The Balaban J connectivity index is 2.81. The molecule has 4 heteroatoms. The molecule has 0 radical (unpaired) electrons. The summed E-state index contributed by atoms with van der Waals surface area (Å²) in [5.74, 6) is 0.133. The molecule has 1 rings (SSSR count). The van der Waals surface area contributed by atoms with Crippen LogP contribution in [-0.2, 0) is 11.3 Å². The minimum atomic E-state index is -0.448. The average Bonchev–Trinajstić information content (AvgIpc) is 2.35. The van der Waals surface area contributed by atoms with E-state index >= 15 is 0 Å². The summed E-state index contributed by atoms with van der Waals surface area (Å²) in [7, 11) is 0. The fraction of sp³-hybridized carbons (Fsp3) is 0.571. The fourth-order valence-electron chi connectivity index (χ4n) is 1.66. The van der Waals surface area contributed by atoms with Crippen LogP contribution in [0.15, 0.2) is 24.4 Å². The van der Waals surface area contributed by atoms with Crippen LogP contribution in [0.2, 0.25) is 0 Å². The Kier molecular flexibility index (Phi) is 5.28. The van der Waals surface area contributed by atoms with Crippen LogP contribution in [0.4, 0.5) is 0 Å². The van der Waals surface area contributed by atoms with E-state index in [4.69, 9.17) is 5.73 Å². The molecule has 0 saturated carbocycles. The number of rotatable bonds is 5. The average molecular weight is 249 g/mol. The molecule has 0 aliphatic rings. The Bertz CT molecular complexity index is 376. The quantitative estimate of drug-likeness (QED) is 0.865. The number of amides is 1. The first-order chi connectivity index (χ1) is 8.43. The number of hydrogen-bond acceptors (Lipinski definition) is 3. The minimum absolute atomic E-state index is 0.00865. The minimum Gasteiger partial charge on any atom is -0.333 e. The summed E-state index contributed by atoms with van der Waals surface area (Å²) in [6, 6.07) is 5.38. The maximum atomic E-state index is 12.3. The van der Waals surface area contributed by atoms with Crippen LogP contribution in [0, 0.1) is 5.92 Å². The molecule has 100 valence electrons. The zero-order valence-electron chi connectivity index (χ0n) is 11.6. The van der Waals surface area contributed by atoms with Crippen LogP contribution in [0.25, 0.3) is 0 Å². The Morgan fingerprint density at radius 3 is 2.44 bits per heavy atom. The maximum absolute atomic E-state index is 12.3. The van der Waals surface area contributed by atoms with Gasteiger partial charge in [0.2, 0.25) is 5.91 Å². The molecule has 2 N–H and O–H groups in total.